The van der Waals surface area contributed by atoms with E-state index in [1.165, 1.54) is 24.3 Å². The first-order valence-corrected chi connectivity index (χ1v) is 41.0. The molecule has 6 aromatic carbocycles. The molecule has 0 saturated heterocycles. The van der Waals surface area contributed by atoms with Gasteiger partial charge in [0.15, 0.2) is 0 Å². The van der Waals surface area contributed by atoms with Crippen molar-refractivity contribution in [2.24, 2.45) is 0 Å². The van der Waals surface area contributed by atoms with Crippen molar-refractivity contribution in [3.63, 3.8) is 0 Å². The van der Waals surface area contributed by atoms with Crippen molar-refractivity contribution in [1.29, 1.82) is 0 Å². The second-order valence-electron chi connectivity index (χ2n) is 27.9. The number of benzene rings is 6. The van der Waals surface area contributed by atoms with Gasteiger partial charge in [-0.05, 0) is 222 Å². The first-order valence-electron chi connectivity index (χ1n) is 41.0. The van der Waals surface area contributed by atoms with E-state index in [1.54, 1.807) is 133 Å². The van der Waals surface area contributed by atoms with Crippen LogP contribution in [0.15, 0.2) is 184 Å². The van der Waals surface area contributed by atoms with Crippen LogP contribution in [0.1, 0.15) is 258 Å². The molecule has 0 aliphatic heterocycles. The summed E-state index contributed by atoms with van der Waals surface area (Å²) in [6.07, 6.45) is 36.1. The van der Waals surface area contributed by atoms with Crippen molar-refractivity contribution in [3.05, 3.63) is 217 Å². The van der Waals surface area contributed by atoms with Crippen LogP contribution < -0.4 is 37.9 Å². The van der Waals surface area contributed by atoms with Crippen LogP contribution in [0.5, 0.6) is 46.0 Å². The van der Waals surface area contributed by atoms with Crippen LogP contribution in [0.3, 0.4) is 0 Å². The molecule has 114 heavy (non-hydrogen) atoms. The van der Waals surface area contributed by atoms with Gasteiger partial charge in [0.05, 0.1) is 75.1 Å². The number of rotatable bonds is 63. The molecule has 6 rings (SSSR count). The first kappa shape index (κ1) is 92.1. The van der Waals surface area contributed by atoms with Crippen LogP contribution in [0.2, 0.25) is 0 Å². The van der Waals surface area contributed by atoms with E-state index < -0.39 is 47.8 Å². The lowest BCUT2D eigenvalue weighted by atomic mass is 10.0. The van der Waals surface area contributed by atoms with Gasteiger partial charge >= 0.3 is 47.8 Å². The summed E-state index contributed by atoms with van der Waals surface area (Å²) < 4.78 is 68.0. The fourth-order valence-electron chi connectivity index (χ4n) is 12.3. The highest BCUT2D eigenvalue weighted by Crippen LogP contribution is 2.32. The van der Waals surface area contributed by atoms with Crippen molar-refractivity contribution < 1.29 is 95.2 Å². The molecule has 0 spiro atoms. The van der Waals surface area contributed by atoms with Crippen LogP contribution in [-0.4, -0.2) is 101 Å². The molecule has 20 nitrogen and oxygen atoms in total. The standard InChI is InChI=1S/C94H118O20/c1-5-87(95)107-67-37-27-17-13-23-33-63-103-79-51-43-73(44-52-79)91(99)111-83-59-61-85(113-93(101)75-47-55-81(56-48-75)105-65-35-25-15-19-29-39-69-109-89(97)7-3)77(71-83)41-31-21-11-9-10-12-22-32-42-78-72-84(112-92(100)74-45-53-80(54-46-74)104-64-34-24-14-18-28-38-68-108-88(96)6-2)60-62-86(78)114-94(102)76-49-57-82(58-50-76)106-66-36-26-16-20-30-40-70-110-90(98)8-4/h5-8,43-62,71-72H,1-4,9-42,63-70H2. The van der Waals surface area contributed by atoms with Gasteiger partial charge < -0.3 is 56.8 Å². The summed E-state index contributed by atoms with van der Waals surface area (Å²) in [7, 11) is 0. The molecule has 0 unspecified atom stereocenters. The number of hydrogen-bond acceptors (Lipinski definition) is 20. The highest BCUT2D eigenvalue weighted by molar-refractivity contribution is 5.94. The zero-order valence-corrected chi connectivity index (χ0v) is 66.7. The van der Waals surface area contributed by atoms with Crippen LogP contribution in [0.4, 0.5) is 0 Å². The molecule has 614 valence electrons. The van der Waals surface area contributed by atoms with Gasteiger partial charge in [0.1, 0.15) is 46.0 Å². The van der Waals surface area contributed by atoms with Gasteiger partial charge in [-0.2, -0.15) is 0 Å². The fourth-order valence-corrected chi connectivity index (χ4v) is 12.3. The van der Waals surface area contributed by atoms with E-state index in [0.29, 0.717) is 134 Å². The van der Waals surface area contributed by atoms with Gasteiger partial charge in [-0.25, -0.2) is 38.4 Å². The molecular weight excluding hydrogens is 1450 g/mol. The van der Waals surface area contributed by atoms with Gasteiger partial charge in [0.2, 0.25) is 0 Å². The molecule has 0 fully saturated rings. The van der Waals surface area contributed by atoms with E-state index >= 15 is 0 Å². The number of esters is 8. The van der Waals surface area contributed by atoms with Crippen LogP contribution in [0.25, 0.3) is 0 Å². The minimum Gasteiger partial charge on any atom is -0.494 e. The van der Waals surface area contributed by atoms with E-state index in [1.807, 2.05) is 0 Å². The molecule has 6 aromatic rings. The van der Waals surface area contributed by atoms with E-state index in [4.69, 9.17) is 56.8 Å². The minimum atomic E-state index is -0.544. The lowest BCUT2D eigenvalue weighted by Gasteiger charge is -2.13. The summed E-state index contributed by atoms with van der Waals surface area (Å²) in [4.78, 5) is 99.6. The predicted octanol–water partition coefficient (Wildman–Crippen LogP) is 21.3. The summed E-state index contributed by atoms with van der Waals surface area (Å²) in [6.45, 7) is 17.4. The lowest BCUT2D eigenvalue weighted by Crippen LogP contribution is -2.11. The van der Waals surface area contributed by atoms with Crippen molar-refractivity contribution >= 4 is 47.8 Å². The van der Waals surface area contributed by atoms with Crippen LogP contribution in [0, 0.1) is 0 Å². The summed E-state index contributed by atoms with van der Waals surface area (Å²) >= 11 is 0. The van der Waals surface area contributed by atoms with Gasteiger partial charge in [0, 0.05) is 24.3 Å². The van der Waals surface area contributed by atoms with Crippen molar-refractivity contribution in [2.45, 2.75) is 218 Å². The Kier molecular flexibility index (Phi) is 46.3. The second-order valence-corrected chi connectivity index (χ2v) is 27.9. The Balaban J connectivity index is 0.998. The Hall–Kier alpha value is -10.8. The van der Waals surface area contributed by atoms with Crippen LogP contribution in [-0.2, 0) is 51.0 Å². The molecule has 0 saturated carbocycles. The predicted molar refractivity (Wildman–Crippen MR) is 440 cm³/mol. The van der Waals surface area contributed by atoms with Crippen molar-refractivity contribution in [1.82, 2.24) is 0 Å². The quantitative estimate of drug-likeness (QED) is 0.0113. The van der Waals surface area contributed by atoms with Gasteiger partial charge in [-0.3, -0.25) is 0 Å². The highest BCUT2D eigenvalue weighted by atomic mass is 16.6. The molecule has 0 aromatic heterocycles. The SMILES string of the molecule is C=CC(=O)OCCCCCCCCOc1ccc(C(=O)Oc2ccc(OC(=O)c3ccc(OCCCCCCCCOC(=O)C=C)cc3)c(CCCCCCCCCCc3cc(OC(=O)c4ccc(OCCCCCCCCOC(=O)C=C)cc4)ccc3OC(=O)c3ccc(OCCCCCCCCOC(=O)C=C)cc3)c2)cc1. The third-order valence-electron chi connectivity index (χ3n) is 18.8. The number of hydrogen-bond donors (Lipinski definition) is 0. The van der Waals surface area contributed by atoms with Crippen molar-refractivity contribution in [3.8, 4) is 46.0 Å². The zero-order valence-electron chi connectivity index (χ0n) is 66.7. The van der Waals surface area contributed by atoms with E-state index in [2.05, 4.69) is 26.3 Å². The molecular formula is C94H118O20. The molecule has 0 aliphatic carbocycles. The molecule has 0 heterocycles. The molecule has 0 aliphatic rings. The van der Waals surface area contributed by atoms with Gasteiger partial charge in [-0.15, -0.1) is 0 Å². The summed E-state index contributed by atoms with van der Waals surface area (Å²) in [6, 6.07) is 37.6. The average molecular weight is 1570 g/mol. The number of carbonyl (C=O) groups excluding carboxylic acids is 8. The summed E-state index contributed by atoms with van der Waals surface area (Å²) in [5.74, 6) is 0.182. The number of ether oxygens (including phenoxy) is 12. The zero-order chi connectivity index (χ0) is 81.3. The maximum absolute atomic E-state index is 13.7. The Morgan fingerprint density at radius 1 is 0.219 bits per heavy atom. The largest absolute Gasteiger partial charge is 0.494 e. The van der Waals surface area contributed by atoms with Crippen LogP contribution >= 0.6 is 0 Å². The minimum absolute atomic E-state index is 0.313. The molecule has 20 heteroatoms. The Morgan fingerprint density at radius 3 is 0.640 bits per heavy atom. The van der Waals surface area contributed by atoms with Crippen molar-refractivity contribution in [2.75, 3.05) is 52.9 Å². The van der Waals surface area contributed by atoms with Gasteiger partial charge in [0.25, 0.3) is 0 Å². The highest BCUT2D eigenvalue weighted by Gasteiger charge is 2.19. The Labute approximate surface area is 674 Å². The fraction of sp³-hybridized carbons (Fsp3) is 0.447. The smallest absolute Gasteiger partial charge is 0.343 e. The third kappa shape index (κ3) is 39.6. The molecule has 0 N–H and O–H groups in total. The average Bonchev–Trinajstić information content (AvgIpc) is 0.837. The number of aryl methyl sites for hydroxylation is 2. The first-order chi connectivity index (χ1) is 55.7. The third-order valence-corrected chi connectivity index (χ3v) is 18.8. The lowest BCUT2D eigenvalue weighted by molar-refractivity contribution is -0.138. The molecule has 0 atom stereocenters. The Morgan fingerprint density at radius 2 is 0.412 bits per heavy atom. The normalized spacial score (nSPS) is 10.8. The second kappa shape index (κ2) is 57.3. The van der Waals surface area contributed by atoms with E-state index in [-0.39, 0.29) is 0 Å². The monoisotopic (exact) mass is 1570 g/mol. The Bertz CT molecular complexity index is 3610. The summed E-state index contributed by atoms with van der Waals surface area (Å²) in [5.41, 5.74) is 2.84. The number of carbonyl (C=O) groups is 8. The maximum Gasteiger partial charge on any atom is 0.343 e. The molecule has 0 bridgehead atoms. The summed E-state index contributed by atoms with van der Waals surface area (Å²) in [5, 5.41) is 0. The number of unbranched alkanes of at least 4 members (excludes halogenated alkanes) is 27. The van der Waals surface area contributed by atoms with E-state index in [9.17, 15) is 38.4 Å². The van der Waals surface area contributed by atoms with E-state index in [0.717, 1.165) is 217 Å². The molecule has 0 radical (unpaired) electrons. The van der Waals surface area contributed by atoms with Gasteiger partial charge in [-0.1, -0.05) is 168 Å². The topological polar surface area (TPSA) is 247 Å². The molecule has 0 amide bonds. The maximum atomic E-state index is 13.7.